The molecular formula is C21H28F2IN3O3. The van der Waals surface area contributed by atoms with E-state index < -0.39 is 6.61 Å². The Kier molecular flexibility index (Phi) is 11.9. The van der Waals surface area contributed by atoms with Crippen molar-refractivity contribution in [2.75, 3.05) is 20.3 Å². The molecule has 2 rings (SSSR count). The summed E-state index contributed by atoms with van der Waals surface area (Å²) in [5.41, 5.74) is 1.82. The number of halogens is 3. The van der Waals surface area contributed by atoms with Gasteiger partial charge in [0.05, 0.1) is 20.3 Å². The molecule has 0 radical (unpaired) electrons. The van der Waals surface area contributed by atoms with Crippen LogP contribution in [0.25, 0.3) is 0 Å². The maximum Gasteiger partial charge on any atom is 0.387 e. The van der Waals surface area contributed by atoms with Crippen LogP contribution in [-0.4, -0.2) is 32.8 Å². The molecule has 0 aliphatic carbocycles. The smallest absolute Gasteiger partial charge is 0.387 e. The standard InChI is InChI=1S/C21H27F2N3O3.HI/c1-4-24-21(26-14-16-8-6-7-9-17(16)27-3)25-13-15-10-11-18(29-20(22)23)19(12-15)28-5-2;/h6-12,20H,4-5,13-14H2,1-3H3,(H2,24,25,26);1H. The summed E-state index contributed by atoms with van der Waals surface area (Å²) in [5, 5.41) is 6.44. The normalized spacial score (nSPS) is 10.9. The van der Waals surface area contributed by atoms with Gasteiger partial charge >= 0.3 is 6.61 Å². The van der Waals surface area contributed by atoms with Gasteiger partial charge in [0.15, 0.2) is 17.5 Å². The van der Waals surface area contributed by atoms with E-state index in [-0.39, 0.29) is 35.5 Å². The van der Waals surface area contributed by atoms with Gasteiger partial charge in [-0.2, -0.15) is 8.78 Å². The number of benzene rings is 2. The van der Waals surface area contributed by atoms with Crippen molar-refractivity contribution in [1.82, 2.24) is 10.6 Å². The number of guanidine groups is 1. The lowest BCUT2D eigenvalue weighted by atomic mass is 10.2. The van der Waals surface area contributed by atoms with Gasteiger partial charge in [-0.3, -0.25) is 0 Å². The van der Waals surface area contributed by atoms with Crippen LogP contribution in [-0.2, 0) is 13.1 Å². The molecule has 2 aromatic carbocycles. The van der Waals surface area contributed by atoms with Gasteiger partial charge in [0.25, 0.3) is 0 Å². The fourth-order valence-electron chi connectivity index (χ4n) is 2.65. The van der Waals surface area contributed by atoms with Gasteiger partial charge < -0.3 is 24.8 Å². The number of nitrogens with one attached hydrogen (secondary N) is 2. The van der Waals surface area contributed by atoms with E-state index in [4.69, 9.17) is 9.47 Å². The summed E-state index contributed by atoms with van der Waals surface area (Å²) >= 11 is 0. The summed E-state index contributed by atoms with van der Waals surface area (Å²) in [7, 11) is 1.63. The van der Waals surface area contributed by atoms with Gasteiger partial charge in [-0.25, -0.2) is 4.99 Å². The molecule has 166 valence electrons. The van der Waals surface area contributed by atoms with Gasteiger partial charge in [-0.05, 0) is 37.6 Å². The van der Waals surface area contributed by atoms with Crippen molar-refractivity contribution in [2.24, 2.45) is 4.99 Å². The largest absolute Gasteiger partial charge is 0.496 e. The van der Waals surface area contributed by atoms with E-state index in [1.807, 2.05) is 31.2 Å². The first-order valence-corrected chi connectivity index (χ1v) is 9.42. The fourth-order valence-corrected chi connectivity index (χ4v) is 2.65. The molecule has 0 fully saturated rings. The molecule has 0 spiro atoms. The zero-order valence-electron chi connectivity index (χ0n) is 17.3. The van der Waals surface area contributed by atoms with E-state index in [0.29, 0.717) is 32.2 Å². The summed E-state index contributed by atoms with van der Waals surface area (Å²) in [4.78, 5) is 4.56. The number of nitrogens with zero attached hydrogens (tertiary/aromatic N) is 1. The molecule has 0 saturated carbocycles. The van der Waals surface area contributed by atoms with Crippen molar-refractivity contribution in [3.05, 3.63) is 53.6 Å². The number of methoxy groups -OCH3 is 1. The van der Waals surface area contributed by atoms with E-state index in [9.17, 15) is 8.78 Å². The zero-order valence-corrected chi connectivity index (χ0v) is 19.6. The van der Waals surface area contributed by atoms with Crippen LogP contribution in [0.5, 0.6) is 17.2 Å². The first kappa shape index (κ1) is 25.7. The summed E-state index contributed by atoms with van der Waals surface area (Å²) in [6.07, 6.45) is 0. The quantitative estimate of drug-likeness (QED) is 0.265. The number of hydrogen-bond acceptors (Lipinski definition) is 4. The molecule has 9 heteroatoms. The van der Waals surface area contributed by atoms with Crippen LogP contribution >= 0.6 is 24.0 Å². The lowest BCUT2D eigenvalue weighted by molar-refractivity contribution is -0.0514. The van der Waals surface area contributed by atoms with Crippen LogP contribution in [0.4, 0.5) is 8.78 Å². The second-order valence-electron chi connectivity index (χ2n) is 5.95. The molecule has 2 N–H and O–H groups in total. The van der Waals surface area contributed by atoms with Gasteiger partial charge in [-0.1, -0.05) is 24.3 Å². The lowest BCUT2D eigenvalue weighted by Gasteiger charge is -2.14. The third-order valence-corrected chi connectivity index (χ3v) is 3.93. The van der Waals surface area contributed by atoms with Crippen LogP contribution in [0.3, 0.4) is 0 Å². The molecule has 0 amide bonds. The molecule has 0 heterocycles. The van der Waals surface area contributed by atoms with Crippen LogP contribution < -0.4 is 24.8 Å². The topological polar surface area (TPSA) is 64.1 Å². The van der Waals surface area contributed by atoms with Gasteiger partial charge in [0, 0.05) is 18.7 Å². The lowest BCUT2D eigenvalue weighted by Crippen LogP contribution is -2.36. The number of alkyl halides is 2. The molecule has 0 aliphatic heterocycles. The Morgan fingerprint density at radius 2 is 1.80 bits per heavy atom. The summed E-state index contributed by atoms with van der Waals surface area (Å²) < 4.78 is 40.3. The number of hydrogen-bond donors (Lipinski definition) is 2. The minimum absolute atomic E-state index is 0. The maximum atomic E-state index is 12.5. The highest BCUT2D eigenvalue weighted by Gasteiger charge is 2.11. The maximum absolute atomic E-state index is 12.5. The third-order valence-electron chi connectivity index (χ3n) is 3.93. The summed E-state index contributed by atoms with van der Waals surface area (Å²) in [6.45, 7) is 2.78. The van der Waals surface area contributed by atoms with Gasteiger partial charge in [0.2, 0.25) is 0 Å². The predicted molar refractivity (Wildman–Crippen MR) is 124 cm³/mol. The first-order chi connectivity index (χ1) is 14.1. The first-order valence-electron chi connectivity index (χ1n) is 9.42. The Bertz CT molecular complexity index is 807. The number of ether oxygens (including phenoxy) is 3. The Balaban J connectivity index is 0.00000450. The SMILES string of the molecule is CCNC(=NCc1ccc(OC(F)F)c(OCC)c1)NCc1ccccc1OC.I. The summed E-state index contributed by atoms with van der Waals surface area (Å²) in [5.74, 6) is 1.71. The molecule has 0 aliphatic rings. The Labute approximate surface area is 193 Å². The van der Waals surface area contributed by atoms with Crippen LogP contribution in [0.1, 0.15) is 25.0 Å². The number of aliphatic imine (C=N–C) groups is 1. The molecule has 0 saturated heterocycles. The minimum Gasteiger partial charge on any atom is -0.496 e. The van der Waals surface area contributed by atoms with Crippen LogP contribution in [0.2, 0.25) is 0 Å². The van der Waals surface area contributed by atoms with Gasteiger partial charge in [-0.15, -0.1) is 24.0 Å². The van der Waals surface area contributed by atoms with E-state index in [2.05, 4.69) is 20.4 Å². The van der Waals surface area contributed by atoms with E-state index >= 15 is 0 Å². The second-order valence-corrected chi connectivity index (χ2v) is 5.95. The average Bonchev–Trinajstić information content (AvgIpc) is 2.71. The van der Waals surface area contributed by atoms with Crippen molar-refractivity contribution in [2.45, 2.75) is 33.5 Å². The van der Waals surface area contributed by atoms with Crippen molar-refractivity contribution < 1.29 is 23.0 Å². The Morgan fingerprint density at radius 1 is 1.03 bits per heavy atom. The van der Waals surface area contributed by atoms with E-state index in [1.54, 1.807) is 26.2 Å². The molecule has 6 nitrogen and oxygen atoms in total. The average molecular weight is 535 g/mol. The molecule has 30 heavy (non-hydrogen) atoms. The highest BCUT2D eigenvalue weighted by molar-refractivity contribution is 14.0. The van der Waals surface area contributed by atoms with Crippen molar-refractivity contribution in [3.63, 3.8) is 0 Å². The van der Waals surface area contributed by atoms with Crippen molar-refractivity contribution in [1.29, 1.82) is 0 Å². The van der Waals surface area contributed by atoms with E-state index in [1.165, 1.54) is 6.07 Å². The Morgan fingerprint density at radius 3 is 2.47 bits per heavy atom. The number of rotatable bonds is 10. The monoisotopic (exact) mass is 535 g/mol. The molecule has 2 aromatic rings. The van der Waals surface area contributed by atoms with Crippen LogP contribution in [0, 0.1) is 0 Å². The molecular weight excluding hydrogens is 507 g/mol. The highest BCUT2D eigenvalue weighted by Crippen LogP contribution is 2.30. The van der Waals surface area contributed by atoms with Crippen molar-refractivity contribution in [3.8, 4) is 17.2 Å². The zero-order chi connectivity index (χ0) is 21.1. The fraction of sp³-hybridized carbons (Fsp3) is 0.381. The number of para-hydroxylation sites is 1. The van der Waals surface area contributed by atoms with E-state index in [0.717, 1.165) is 16.9 Å². The summed E-state index contributed by atoms with van der Waals surface area (Å²) in [6, 6.07) is 12.6. The molecule has 0 aromatic heterocycles. The van der Waals surface area contributed by atoms with Crippen LogP contribution in [0.15, 0.2) is 47.5 Å². The van der Waals surface area contributed by atoms with Crippen molar-refractivity contribution >= 4 is 29.9 Å². The molecule has 0 atom stereocenters. The minimum atomic E-state index is -2.90. The molecule has 0 bridgehead atoms. The Hall–Kier alpha value is -2.30. The highest BCUT2D eigenvalue weighted by atomic mass is 127. The van der Waals surface area contributed by atoms with Gasteiger partial charge in [0.1, 0.15) is 5.75 Å². The second kappa shape index (κ2) is 13.8. The third kappa shape index (κ3) is 8.21. The predicted octanol–water partition coefficient (Wildman–Crippen LogP) is 4.57. The molecule has 0 unspecified atom stereocenters.